The lowest BCUT2D eigenvalue weighted by Crippen LogP contribution is -2.16. The molecule has 0 atom stereocenters. The summed E-state index contributed by atoms with van der Waals surface area (Å²) >= 11 is 5.91. The first-order valence-electron chi connectivity index (χ1n) is 5.81. The maximum atomic E-state index is 5.91. The number of hydrogen-bond donors (Lipinski definition) is 1. The minimum absolute atomic E-state index is 0.500. The van der Waals surface area contributed by atoms with Gasteiger partial charge in [0, 0.05) is 6.54 Å². The van der Waals surface area contributed by atoms with Crippen LogP contribution in [-0.4, -0.2) is 16.7 Å². The molecule has 0 aliphatic heterocycles. The van der Waals surface area contributed by atoms with E-state index in [9.17, 15) is 0 Å². The SMILES string of the molecule is CCC1(CNc2nnc(Cl)c(C)c2C)CC1. The Kier molecular flexibility index (Phi) is 3.06. The van der Waals surface area contributed by atoms with Crippen molar-refractivity contribution in [3.8, 4) is 0 Å². The van der Waals surface area contributed by atoms with Crippen molar-refractivity contribution in [2.24, 2.45) is 5.41 Å². The van der Waals surface area contributed by atoms with Crippen molar-refractivity contribution in [2.45, 2.75) is 40.0 Å². The average Bonchev–Trinajstić information content (AvgIpc) is 3.06. The van der Waals surface area contributed by atoms with Gasteiger partial charge in [-0.25, -0.2) is 0 Å². The van der Waals surface area contributed by atoms with Gasteiger partial charge >= 0.3 is 0 Å². The van der Waals surface area contributed by atoms with Crippen molar-refractivity contribution in [1.29, 1.82) is 0 Å². The van der Waals surface area contributed by atoms with E-state index in [0.717, 1.165) is 23.5 Å². The van der Waals surface area contributed by atoms with Crippen LogP contribution in [0.5, 0.6) is 0 Å². The highest BCUT2D eigenvalue weighted by atomic mass is 35.5. The normalized spacial score (nSPS) is 17.2. The number of rotatable bonds is 4. The van der Waals surface area contributed by atoms with Crippen molar-refractivity contribution in [3.05, 3.63) is 16.3 Å². The molecular formula is C12H18ClN3. The second-order valence-electron chi connectivity index (χ2n) is 4.80. The first-order chi connectivity index (χ1) is 7.58. The van der Waals surface area contributed by atoms with Crippen molar-refractivity contribution in [2.75, 3.05) is 11.9 Å². The lowest BCUT2D eigenvalue weighted by Gasteiger charge is -2.15. The van der Waals surface area contributed by atoms with Crippen molar-refractivity contribution in [3.63, 3.8) is 0 Å². The predicted molar refractivity (Wildman–Crippen MR) is 67.0 cm³/mol. The molecular weight excluding hydrogens is 222 g/mol. The monoisotopic (exact) mass is 239 g/mol. The van der Waals surface area contributed by atoms with Gasteiger partial charge in [-0.05, 0) is 49.7 Å². The Balaban J connectivity index is 2.07. The van der Waals surface area contributed by atoms with E-state index in [-0.39, 0.29) is 0 Å². The van der Waals surface area contributed by atoms with Gasteiger partial charge in [0.25, 0.3) is 0 Å². The summed E-state index contributed by atoms with van der Waals surface area (Å²) in [6.07, 6.45) is 3.89. The molecule has 1 N–H and O–H groups in total. The molecule has 1 saturated carbocycles. The first kappa shape index (κ1) is 11.6. The number of nitrogens with one attached hydrogen (secondary N) is 1. The summed E-state index contributed by atoms with van der Waals surface area (Å²) in [7, 11) is 0. The van der Waals surface area contributed by atoms with Gasteiger partial charge in [-0.15, -0.1) is 10.2 Å². The molecule has 88 valence electrons. The Hall–Kier alpha value is -0.830. The quantitative estimate of drug-likeness (QED) is 0.876. The van der Waals surface area contributed by atoms with E-state index in [1.165, 1.54) is 19.3 Å². The van der Waals surface area contributed by atoms with Crippen LogP contribution in [0.25, 0.3) is 0 Å². The van der Waals surface area contributed by atoms with E-state index in [0.29, 0.717) is 10.6 Å². The van der Waals surface area contributed by atoms with Gasteiger partial charge < -0.3 is 5.32 Å². The topological polar surface area (TPSA) is 37.8 Å². The highest BCUT2D eigenvalue weighted by Crippen LogP contribution is 2.48. The zero-order valence-corrected chi connectivity index (χ0v) is 10.9. The molecule has 0 spiro atoms. The summed E-state index contributed by atoms with van der Waals surface area (Å²) in [4.78, 5) is 0. The third-order valence-corrected chi connectivity index (χ3v) is 4.16. The smallest absolute Gasteiger partial charge is 0.155 e. The molecule has 0 radical (unpaired) electrons. The molecule has 0 bridgehead atoms. The third kappa shape index (κ3) is 2.14. The van der Waals surface area contributed by atoms with Gasteiger partial charge in [-0.1, -0.05) is 18.5 Å². The molecule has 1 aliphatic rings. The van der Waals surface area contributed by atoms with Gasteiger partial charge in [0.2, 0.25) is 0 Å². The van der Waals surface area contributed by atoms with Crippen LogP contribution < -0.4 is 5.32 Å². The number of anilines is 1. The molecule has 1 aliphatic carbocycles. The average molecular weight is 240 g/mol. The predicted octanol–water partition coefficient (Wildman–Crippen LogP) is 3.35. The van der Waals surface area contributed by atoms with Crippen molar-refractivity contribution < 1.29 is 0 Å². The van der Waals surface area contributed by atoms with Crippen LogP contribution in [0, 0.1) is 19.3 Å². The molecule has 1 aromatic rings. The first-order valence-corrected chi connectivity index (χ1v) is 6.19. The summed E-state index contributed by atoms with van der Waals surface area (Å²) in [5, 5.41) is 12.0. The second-order valence-corrected chi connectivity index (χ2v) is 5.15. The van der Waals surface area contributed by atoms with Gasteiger partial charge in [0.05, 0.1) is 0 Å². The molecule has 16 heavy (non-hydrogen) atoms. The molecule has 0 unspecified atom stereocenters. The molecule has 0 aromatic carbocycles. The zero-order valence-electron chi connectivity index (χ0n) is 10.1. The maximum Gasteiger partial charge on any atom is 0.155 e. The van der Waals surface area contributed by atoms with E-state index >= 15 is 0 Å². The Labute approximate surface area is 102 Å². The van der Waals surface area contributed by atoms with Crippen molar-refractivity contribution in [1.82, 2.24) is 10.2 Å². The molecule has 1 aromatic heterocycles. The lowest BCUT2D eigenvalue weighted by atomic mass is 10.0. The van der Waals surface area contributed by atoms with Gasteiger partial charge in [0.1, 0.15) is 0 Å². The Morgan fingerprint density at radius 2 is 1.94 bits per heavy atom. The van der Waals surface area contributed by atoms with E-state index < -0.39 is 0 Å². The summed E-state index contributed by atoms with van der Waals surface area (Å²) in [6.45, 7) is 7.26. The lowest BCUT2D eigenvalue weighted by molar-refractivity contribution is 0.520. The molecule has 1 fully saturated rings. The number of hydrogen-bond acceptors (Lipinski definition) is 3. The molecule has 0 amide bonds. The maximum absolute atomic E-state index is 5.91. The van der Waals surface area contributed by atoms with E-state index in [1.54, 1.807) is 0 Å². The fraction of sp³-hybridized carbons (Fsp3) is 0.667. The standard InChI is InChI=1S/C12H18ClN3/c1-4-12(5-6-12)7-14-11-9(3)8(2)10(13)15-16-11/h4-7H2,1-3H3,(H,14,16). The van der Waals surface area contributed by atoms with Gasteiger partial charge in [-0.2, -0.15) is 0 Å². The molecule has 4 heteroatoms. The molecule has 0 saturated heterocycles. The molecule has 2 rings (SSSR count). The molecule has 3 nitrogen and oxygen atoms in total. The summed E-state index contributed by atoms with van der Waals surface area (Å²) in [6, 6.07) is 0. The highest BCUT2D eigenvalue weighted by Gasteiger charge is 2.40. The summed E-state index contributed by atoms with van der Waals surface area (Å²) in [5.74, 6) is 0.877. The van der Waals surface area contributed by atoms with Crippen LogP contribution >= 0.6 is 11.6 Å². The van der Waals surface area contributed by atoms with Crippen LogP contribution in [0.3, 0.4) is 0 Å². The Bertz CT molecular complexity index is 399. The minimum Gasteiger partial charge on any atom is -0.368 e. The van der Waals surface area contributed by atoms with Crippen LogP contribution in [0.2, 0.25) is 5.15 Å². The number of nitrogens with zero attached hydrogens (tertiary/aromatic N) is 2. The Morgan fingerprint density at radius 3 is 2.50 bits per heavy atom. The van der Waals surface area contributed by atoms with Crippen LogP contribution in [0.4, 0.5) is 5.82 Å². The summed E-state index contributed by atoms with van der Waals surface area (Å²) in [5.41, 5.74) is 2.63. The minimum atomic E-state index is 0.500. The molecule has 1 heterocycles. The van der Waals surface area contributed by atoms with E-state index in [2.05, 4.69) is 22.4 Å². The van der Waals surface area contributed by atoms with Crippen LogP contribution in [0.1, 0.15) is 37.3 Å². The highest BCUT2D eigenvalue weighted by molar-refractivity contribution is 6.30. The van der Waals surface area contributed by atoms with Gasteiger partial charge in [0.15, 0.2) is 11.0 Å². The van der Waals surface area contributed by atoms with E-state index in [1.807, 2.05) is 13.8 Å². The fourth-order valence-electron chi connectivity index (χ4n) is 1.85. The van der Waals surface area contributed by atoms with Crippen molar-refractivity contribution >= 4 is 17.4 Å². The van der Waals surface area contributed by atoms with Crippen LogP contribution in [0.15, 0.2) is 0 Å². The van der Waals surface area contributed by atoms with Gasteiger partial charge in [-0.3, -0.25) is 0 Å². The summed E-state index contributed by atoms with van der Waals surface area (Å²) < 4.78 is 0. The van der Waals surface area contributed by atoms with Crippen LogP contribution in [-0.2, 0) is 0 Å². The largest absolute Gasteiger partial charge is 0.368 e. The van der Waals surface area contributed by atoms with E-state index in [4.69, 9.17) is 11.6 Å². The fourth-order valence-corrected chi connectivity index (χ4v) is 2.03. The Morgan fingerprint density at radius 1 is 1.25 bits per heavy atom. The number of aromatic nitrogens is 2. The number of halogens is 1. The zero-order chi connectivity index (χ0) is 11.8. The third-order valence-electron chi connectivity index (χ3n) is 3.80. The second kappa shape index (κ2) is 4.21.